The molecule has 0 aliphatic carbocycles. The molecule has 0 bridgehead atoms. The number of carbonyl (C=O) groups excluding carboxylic acids is 1. The predicted molar refractivity (Wildman–Crippen MR) is 91.7 cm³/mol. The summed E-state index contributed by atoms with van der Waals surface area (Å²) in [6.45, 7) is 6.57. The molecule has 0 atom stereocenters. The third-order valence-corrected chi connectivity index (χ3v) is 5.77. The lowest BCUT2D eigenvalue weighted by atomic mass is 10.2. The molecule has 0 saturated heterocycles. The Morgan fingerprint density at radius 1 is 1.36 bits per heavy atom. The smallest absolute Gasteiger partial charge is 0.263 e. The third-order valence-electron chi connectivity index (χ3n) is 3.39. The Hall–Kier alpha value is -1.79. The average Bonchev–Trinajstić information content (AvgIpc) is 3.11. The maximum atomic E-state index is 12.4. The summed E-state index contributed by atoms with van der Waals surface area (Å²) in [5.74, 6) is 0.291. The van der Waals surface area contributed by atoms with Crippen LogP contribution in [0.15, 0.2) is 23.7 Å². The fourth-order valence-corrected chi connectivity index (χ4v) is 4.01. The molecule has 3 aromatic rings. The quantitative estimate of drug-likeness (QED) is 0.782. The first-order chi connectivity index (χ1) is 10.6. The Balaban J connectivity index is 1.76. The molecule has 1 aromatic carbocycles. The van der Waals surface area contributed by atoms with Crippen LogP contribution in [0, 0.1) is 6.92 Å². The summed E-state index contributed by atoms with van der Waals surface area (Å²) in [5.41, 5.74) is 4.72. The Kier molecular flexibility index (Phi) is 4.22. The summed E-state index contributed by atoms with van der Waals surface area (Å²) in [6, 6.07) is 5.98. The van der Waals surface area contributed by atoms with Crippen molar-refractivity contribution in [2.75, 3.05) is 0 Å². The van der Waals surface area contributed by atoms with Crippen LogP contribution in [0.1, 0.15) is 45.7 Å². The van der Waals surface area contributed by atoms with Crippen molar-refractivity contribution in [1.29, 1.82) is 0 Å². The number of fused-ring (bicyclic) bond motifs is 1. The molecule has 0 aliphatic heterocycles. The lowest BCUT2D eigenvalue weighted by Gasteiger charge is -2.05. The van der Waals surface area contributed by atoms with Crippen molar-refractivity contribution in [1.82, 2.24) is 15.3 Å². The van der Waals surface area contributed by atoms with Gasteiger partial charge in [0.15, 0.2) is 0 Å². The zero-order valence-electron chi connectivity index (χ0n) is 12.7. The van der Waals surface area contributed by atoms with E-state index in [1.807, 2.05) is 30.6 Å². The van der Waals surface area contributed by atoms with Crippen molar-refractivity contribution in [2.45, 2.75) is 33.2 Å². The molecule has 0 aliphatic rings. The summed E-state index contributed by atoms with van der Waals surface area (Å²) in [4.78, 5) is 21.9. The second kappa shape index (κ2) is 6.14. The molecule has 0 radical (unpaired) electrons. The highest BCUT2D eigenvalue weighted by atomic mass is 32.1. The van der Waals surface area contributed by atoms with Crippen molar-refractivity contribution in [2.24, 2.45) is 0 Å². The van der Waals surface area contributed by atoms with E-state index in [4.69, 9.17) is 0 Å². The minimum atomic E-state index is -0.0524. The molecule has 114 valence electrons. The van der Waals surface area contributed by atoms with E-state index < -0.39 is 0 Å². The standard InChI is InChI=1S/C16H17N3OS2/c1-9(2)16-19-10(3)13(22-16)15(20)17-7-11-5-4-6-12-14(11)21-8-18-12/h4-6,8-9H,7H2,1-3H3,(H,17,20). The van der Waals surface area contributed by atoms with Crippen LogP contribution in [-0.2, 0) is 6.54 Å². The SMILES string of the molecule is Cc1nc(C(C)C)sc1C(=O)NCc1cccc2ncsc12. The number of hydrogen-bond donors (Lipinski definition) is 1. The summed E-state index contributed by atoms with van der Waals surface area (Å²) < 4.78 is 1.13. The van der Waals surface area contributed by atoms with E-state index in [2.05, 4.69) is 29.1 Å². The number of amides is 1. The van der Waals surface area contributed by atoms with Gasteiger partial charge >= 0.3 is 0 Å². The minimum Gasteiger partial charge on any atom is -0.347 e. The van der Waals surface area contributed by atoms with Crippen LogP contribution < -0.4 is 5.32 Å². The van der Waals surface area contributed by atoms with Crippen LogP contribution in [0.3, 0.4) is 0 Å². The second-order valence-corrected chi connectivity index (χ2v) is 7.31. The first kappa shape index (κ1) is 15.1. The van der Waals surface area contributed by atoms with Gasteiger partial charge in [0.25, 0.3) is 5.91 Å². The van der Waals surface area contributed by atoms with E-state index in [9.17, 15) is 4.79 Å². The molecule has 2 heterocycles. The summed E-state index contributed by atoms with van der Waals surface area (Å²) in [6.07, 6.45) is 0. The molecule has 3 rings (SSSR count). The second-order valence-electron chi connectivity index (χ2n) is 5.42. The van der Waals surface area contributed by atoms with Crippen molar-refractivity contribution in [3.05, 3.63) is 44.9 Å². The zero-order valence-corrected chi connectivity index (χ0v) is 14.3. The molecule has 22 heavy (non-hydrogen) atoms. The van der Waals surface area contributed by atoms with Gasteiger partial charge in [-0.1, -0.05) is 26.0 Å². The van der Waals surface area contributed by atoms with Gasteiger partial charge in [-0.3, -0.25) is 4.79 Å². The van der Waals surface area contributed by atoms with Crippen molar-refractivity contribution in [3.63, 3.8) is 0 Å². The monoisotopic (exact) mass is 331 g/mol. The van der Waals surface area contributed by atoms with Gasteiger partial charge in [-0.25, -0.2) is 9.97 Å². The summed E-state index contributed by atoms with van der Waals surface area (Å²) in [5, 5.41) is 4.01. The fourth-order valence-electron chi connectivity index (χ4n) is 2.21. The minimum absolute atomic E-state index is 0.0524. The van der Waals surface area contributed by atoms with Crippen molar-refractivity contribution >= 4 is 38.8 Å². The van der Waals surface area contributed by atoms with E-state index in [1.165, 1.54) is 11.3 Å². The Labute approximate surface area is 137 Å². The van der Waals surface area contributed by atoms with Gasteiger partial charge in [0, 0.05) is 12.5 Å². The first-order valence-electron chi connectivity index (χ1n) is 7.13. The van der Waals surface area contributed by atoms with Crippen LogP contribution in [0.25, 0.3) is 10.2 Å². The topological polar surface area (TPSA) is 54.9 Å². The van der Waals surface area contributed by atoms with Crippen LogP contribution in [-0.4, -0.2) is 15.9 Å². The van der Waals surface area contributed by atoms with E-state index >= 15 is 0 Å². The molecule has 1 amide bonds. The first-order valence-corrected chi connectivity index (χ1v) is 8.82. The highest BCUT2D eigenvalue weighted by Crippen LogP contribution is 2.25. The third kappa shape index (κ3) is 2.89. The number of aryl methyl sites for hydroxylation is 1. The number of nitrogens with one attached hydrogen (secondary N) is 1. The number of hydrogen-bond acceptors (Lipinski definition) is 5. The maximum absolute atomic E-state index is 12.4. The number of nitrogens with zero attached hydrogens (tertiary/aromatic N) is 2. The number of aromatic nitrogens is 2. The predicted octanol–water partition coefficient (Wildman–Crippen LogP) is 4.11. The number of benzene rings is 1. The highest BCUT2D eigenvalue weighted by molar-refractivity contribution is 7.17. The van der Waals surface area contributed by atoms with Gasteiger partial charge in [-0.05, 0) is 18.6 Å². The Morgan fingerprint density at radius 3 is 2.91 bits per heavy atom. The Morgan fingerprint density at radius 2 is 2.18 bits per heavy atom. The van der Waals surface area contributed by atoms with Gasteiger partial charge in [-0.2, -0.15) is 0 Å². The molecule has 4 nitrogen and oxygen atoms in total. The van der Waals surface area contributed by atoms with E-state index in [0.29, 0.717) is 17.3 Å². The summed E-state index contributed by atoms with van der Waals surface area (Å²) in [7, 11) is 0. The van der Waals surface area contributed by atoms with Gasteiger partial charge in [0.1, 0.15) is 4.88 Å². The van der Waals surface area contributed by atoms with Gasteiger partial charge in [-0.15, -0.1) is 22.7 Å². The molecule has 2 aromatic heterocycles. The number of carbonyl (C=O) groups is 1. The molecular weight excluding hydrogens is 314 g/mol. The number of thiazole rings is 2. The molecule has 1 N–H and O–H groups in total. The van der Waals surface area contributed by atoms with Crippen molar-refractivity contribution < 1.29 is 4.79 Å². The molecule has 0 spiro atoms. The van der Waals surface area contributed by atoms with E-state index in [0.717, 1.165) is 26.5 Å². The largest absolute Gasteiger partial charge is 0.347 e. The highest BCUT2D eigenvalue weighted by Gasteiger charge is 2.17. The van der Waals surface area contributed by atoms with Gasteiger partial charge in [0.2, 0.25) is 0 Å². The molecule has 6 heteroatoms. The van der Waals surface area contributed by atoms with Crippen LogP contribution >= 0.6 is 22.7 Å². The molecular formula is C16H17N3OS2. The van der Waals surface area contributed by atoms with Crippen LogP contribution in [0.4, 0.5) is 0 Å². The van der Waals surface area contributed by atoms with Gasteiger partial charge < -0.3 is 5.32 Å². The van der Waals surface area contributed by atoms with Crippen molar-refractivity contribution in [3.8, 4) is 0 Å². The normalized spacial score (nSPS) is 11.3. The van der Waals surface area contributed by atoms with E-state index in [1.54, 1.807) is 11.3 Å². The van der Waals surface area contributed by atoms with Gasteiger partial charge in [0.05, 0.1) is 26.4 Å². The zero-order chi connectivity index (χ0) is 15.7. The molecule has 0 unspecified atom stereocenters. The van der Waals surface area contributed by atoms with E-state index in [-0.39, 0.29) is 5.91 Å². The summed E-state index contributed by atoms with van der Waals surface area (Å²) >= 11 is 3.08. The molecule has 0 fully saturated rings. The molecule has 0 saturated carbocycles. The maximum Gasteiger partial charge on any atom is 0.263 e. The lowest BCUT2D eigenvalue weighted by molar-refractivity contribution is 0.0954. The lowest BCUT2D eigenvalue weighted by Crippen LogP contribution is -2.22. The fraction of sp³-hybridized carbons (Fsp3) is 0.312. The average molecular weight is 331 g/mol. The van der Waals surface area contributed by atoms with Crippen LogP contribution in [0.2, 0.25) is 0 Å². The van der Waals surface area contributed by atoms with Crippen LogP contribution in [0.5, 0.6) is 0 Å². The Bertz CT molecular complexity index is 820. The number of rotatable bonds is 4.